The smallest absolute Gasteiger partial charge is 0.251 e. The van der Waals surface area contributed by atoms with Crippen molar-refractivity contribution >= 4 is 40.6 Å². The number of hydrogen-bond donors (Lipinski definition) is 3. The number of aromatic nitrogens is 2. The SMILES string of the molecule is CCC(=O)Nc1ccc(C(=O)NCCNC(=O)C2CCCN(c3ccc(-c4cccs4)nn3)C2)cc1. The van der Waals surface area contributed by atoms with Gasteiger partial charge in [0.2, 0.25) is 11.8 Å². The molecular formula is C26H30N6O3S. The molecule has 0 aliphatic carbocycles. The van der Waals surface area contributed by atoms with Gasteiger partial charge in [-0.15, -0.1) is 21.5 Å². The molecule has 3 aromatic rings. The minimum atomic E-state index is -0.231. The third-order valence-electron chi connectivity index (χ3n) is 6.00. The zero-order valence-electron chi connectivity index (χ0n) is 20.2. The highest BCUT2D eigenvalue weighted by molar-refractivity contribution is 7.13. The number of hydrogen-bond acceptors (Lipinski definition) is 7. The lowest BCUT2D eigenvalue weighted by molar-refractivity contribution is -0.125. The Morgan fingerprint density at radius 1 is 1.03 bits per heavy atom. The molecule has 1 atom stereocenters. The second-order valence-corrected chi connectivity index (χ2v) is 9.51. The number of nitrogens with zero attached hydrogens (tertiary/aromatic N) is 3. The van der Waals surface area contributed by atoms with Gasteiger partial charge in [-0.3, -0.25) is 14.4 Å². The van der Waals surface area contributed by atoms with Gasteiger partial charge >= 0.3 is 0 Å². The zero-order chi connectivity index (χ0) is 25.3. The third-order valence-corrected chi connectivity index (χ3v) is 6.89. The Kier molecular flexibility index (Phi) is 8.62. The van der Waals surface area contributed by atoms with Crippen LogP contribution in [0.15, 0.2) is 53.9 Å². The van der Waals surface area contributed by atoms with Crippen molar-refractivity contribution in [3.05, 3.63) is 59.5 Å². The molecule has 4 rings (SSSR count). The van der Waals surface area contributed by atoms with Gasteiger partial charge in [0.15, 0.2) is 5.82 Å². The number of nitrogens with one attached hydrogen (secondary N) is 3. The minimum absolute atomic E-state index is 0.0202. The summed E-state index contributed by atoms with van der Waals surface area (Å²) in [5.74, 6) is 0.308. The highest BCUT2D eigenvalue weighted by Crippen LogP contribution is 2.25. The van der Waals surface area contributed by atoms with E-state index in [2.05, 4.69) is 31.0 Å². The van der Waals surface area contributed by atoms with Crippen LogP contribution in [0.5, 0.6) is 0 Å². The number of benzene rings is 1. The summed E-state index contributed by atoms with van der Waals surface area (Å²) in [5, 5.41) is 19.2. The van der Waals surface area contributed by atoms with Crippen LogP contribution in [0.3, 0.4) is 0 Å². The summed E-state index contributed by atoms with van der Waals surface area (Å²) in [7, 11) is 0. The van der Waals surface area contributed by atoms with Gasteiger partial charge in [0.05, 0.1) is 10.8 Å². The van der Waals surface area contributed by atoms with E-state index in [1.165, 1.54) is 0 Å². The van der Waals surface area contributed by atoms with Crippen molar-refractivity contribution in [3.63, 3.8) is 0 Å². The largest absolute Gasteiger partial charge is 0.354 e. The number of amides is 3. The normalized spacial score (nSPS) is 15.2. The summed E-state index contributed by atoms with van der Waals surface area (Å²) >= 11 is 1.63. The van der Waals surface area contributed by atoms with Crippen LogP contribution in [0.1, 0.15) is 36.5 Å². The molecule has 0 saturated carbocycles. The van der Waals surface area contributed by atoms with Gasteiger partial charge in [0, 0.05) is 43.9 Å². The molecule has 3 amide bonds. The summed E-state index contributed by atoms with van der Waals surface area (Å²) in [6, 6.07) is 14.6. The van der Waals surface area contributed by atoms with Crippen LogP contribution in [0.4, 0.5) is 11.5 Å². The molecule has 0 bridgehead atoms. The molecular weight excluding hydrogens is 476 g/mol. The highest BCUT2D eigenvalue weighted by Gasteiger charge is 2.26. The number of thiophene rings is 1. The lowest BCUT2D eigenvalue weighted by atomic mass is 9.97. The molecule has 0 spiro atoms. The number of rotatable bonds is 9. The molecule has 1 aromatic carbocycles. The Morgan fingerprint density at radius 3 is 2.53 bits per heavy atom. The maximum Gasteiger partial charge on any atom is 0.251 e. The summed E-state index contributed by atoms with van der Waals surface area (Å²) in [4.78, 5) is 39.7. The van der Waals surface area contributed by atoms with Gasteiger partial charge in [-0.1, -0.05) is 13.0 Å². The maximum atomic E-state index is 12.7. The molecule has 2 aromatic heterocycles. The van der Waals surface area contributed by atoms with Crippen molar-refractivity contribution in [2.24, 2.45) is 5.92 Å². The summed E-state index contributed by atoms with van der Waals surface area (Å²) in [6.07, 6.45) is 2.11. The fraction of sp³-hybridized carbons (Fsp3) is 0.346. The van der Waals surface area contributed by atoms with E-state index in [9.17, 15) is 14.4 Å². The molecule has 1 fully saturated rings. The first kappa shape index (κ1) is 25.3. The number of anilines is 2. The topological polar surface area (TPSA) is 116 Å². The number of carbonyl (C=O) groups excluding carboxylic acids is 3. The average molecular weight is 507 g/mol. The van der Waals surface area contributed by atoms with Crippen LogP contribution in [0, 0.1) is 5.92 Å². The van der Waals surface area contributed by atoms with E-state index >= 15 is 0 Å². The molecule has 188 valence electrons. The lowest BCUT2D eigenvalue weighted by Gasteiger charge is -2.32. The Labute approximate surface area is 214 Å². The molecule has 9 nitrogen and oxygen atoms in total. The van der Waals surface area contributed by atoms with Gasteiger partial charge in [-0.05, 0) is 60.7 Å². The number of piperidine rings is 1. The molecule has 36 heavy (non-hydrogen) atoms. The second kappa shape index (κ2) is 12.3. The molecule has 0 radical (unpaired) electrons. The van der Waals surface area contributed by atoms with Crippen molar-refractivity contribution in [2.75, 3.05) is 36.4 Å². The first-order valence-electron chi connectivity index (χ1n) is 12.1. The van der Waals surface area contributed by atoms with Crippen LogP contribution in [-0.4, -0.2) is 54.1 Å². The van der Waals surface area contributed by atoms with E-state index < -0.39 is 0 Å². The highest BCUT2D eigenvalue weighted by atomic mass is 32.1. The van der Waals surface area contributed by atoms with Crippen LogP contribution in [-0.2, 0) is 9.59 Å². The summed E-state index contributed by atoms with van der Waals surface area (Å²) in [5.41, 5.74) is 1.99. The van der Waals surface area contributed by atoms with E-state index in [0.29, 0.717) is 37.3 Å². The second-order valence-electron chi connectivity index (χ2n) is 8.57. The van der Waals surface area contributed by atoms with Gasteiger partial charge < -0.3 is 20.9 Å². The van der Waals surface area contributed by atoms with Crippen molar-refractivity contribution < 1.29 is 14.4 Å². The predicted molar refractivity (Wildman–Crippen MR) is 141 cm³/mol. The standard InChI is InChI=1S/C26H30N6O3S/c1-2-24(33)29-20-9-7-18(8-10-20)25(34)27-13-14-28-26(35)19-5-3-15-32(17-19)23-12-11-21(30-31-23)22-6-4-16-36-22/h4,6-12,16,19H,2-3,5,13-15,17H2,1H3,(H,27,34)(H,28,35)(H,29,33). The Morgan fingerprint density at radius 2 is 1.83 bits per heavy atom. The molecule has 3 heterocycles. The van der Waals surface area contributed by atoms with Crippen molar-refractivity contribution in [3.8, 4) is 10.6 Å². The Bertz CT molecular complexity index is 1170. The monoisotopic (exact) mass is 506 g/mol. The van der Waals surface area contributed by atoms with E-state index in [-0.39, 0.29) is 23.6 Å². The Balaban J connectivity index is 1.20. The van der Waals surface area contributed by atoms with Crippen LogP contribution < -0.4 is 20.9 Å². The fourth-order valence-corrected chi connectivity index (χ4v) is 4.70. The number of carbonyl (C=O) groups is 3. The quantitative estimate of drug-likeness (QED) is 0.384. The van der Waals surface area contributed by atoms with Crippen molar-refractivity contribution in [1.29, 1.82) is 0 Å². The van der Waals surface area contributed by atoms with Crippen molar-refractivity contribution in [2.45, 2.75) is 26.2 Å². The van der Waals surface area contributed by atoms with Gasteiger partial charge in [0.1, 0.15) is 5.69 Å². The summed E-state index contributed by atoms with van der Waals surface area (Å²) in [6.45, 7) is 3.88. The third kappa shape index (κ3) is 6.66. The van der Waals surface area contributed by atoms with Crippen molar-refractivity contribution in [1.82, 2.24) is 20.8 Å². The maximum absolute atomic E-state index is 12.7. The fourth-order valence-electron chi connectivity index (χ4n) is 4.01. The first-order chi connectivity index (χ1) is 17.5. The van der Waals surface area contributed by atoms with Crippen LogP contribution >= 0.6 is 11.3 Å². The molecule has 1 aliphatic rings. The minimum Gasteiger partial charge on any atom is -0.354 e. The van der Waals surface area contributed by atoms with E-state index in [1.807, 2.05) is 29.6 Å². The molecule has 10 heteroatoms. The van der Waals surface area contributed by atoms with Gasteiger partial charge in [0.25, 0.3) is 5.91 Å². The molecule has 1 aliphatic heterocycles. The lowest BCUT2D eigenvalue weighted by Crippen LogP contribution is -2.45. The zero-order valence-corrected chi connectivity index (χ0v) is 21.0. The molecule has 1 unspecified atom stereocenters. The van der Waals surface area contributed by atoms with Gasteiger partial charge in [-0.2, -0.15) is 0 Å². The average Bonchev–Trinajstić information content (AvgIpc) is 3.46. The van der Waals surface area contributed by atoms with E-state index in [4.69, 9.17) is 0 Å². The van der Waals surface area contributed by atoms with E-state index in [1.54, 1.807) is 42.5 Å². The van der Waals surface area contributed by atoms with Crippen LogP contribution in [0.2, 0.25) is 0 Å². The molecule has 3 N–H and O–H groups in total. The predicted octanol–water partition coefficient (Wildman–Crippen LogP) is 3.32. The van der Waals surface area contributed by atoms with E-state index in [0.717, 1.165) is 35.8 Å². The first-order valence-corrected chi connectivity index (χ1v) is 13.0. The molecule has 1 saturated heterocycles. The van der Waals surface area contributed by atoms with Crippen LogP contribution in [0.25, 0.3) is 10.6 Å². The Hall–Kier alpha value is -3.79. The summed E-state index contributed by atoms with van der Waals surface area (Å²) < 4.78 is 0. The van der Waals surface area contributed by atoms with Gasteiger partial charge in [-0.25, -0.2) is 0 Å².